The number of benzene rings is 1. The molecule has 2 rings (SSSR count). The normalized spacial score (nSPS) is 17.3. The van der Waals surface area contributed by atoms with E-state index in [1.807, 2.05) is 30.9 Å². The van der Waals surface area contributed by atoms with E-state index in [9.17, 15) is 4.79 Å². The Morgan fingerprint density at radius 2 is 1.91 bits per heavy atom. The van der Waals surface area contributed by atoms with Gasteiger partial charge >= 0.3 is 0 Å². The van der Waals surface area contributed by atoms with Crippen molar-refractivity contribution in [1.82, 2.24) is 4.90 Å². The molecule has 4 nitrogen and oxygen atoms in total. The molecule has 0 saturated carbocycles. The van der Waals surface area contributed by atoms with Gasteiger partial charge in [0.05, 0.1) is 7.11 Å². The third kappa shape index (κ3) is 4.47. The molecule has 0 radical (unpaired) electrons. The molecular formula is C18H27NO3. The summed E-state index contributed by atoms with van der Waals surface area (Å²) in [5.41, 5.74) is 1.34. The maximum Gasteiger partial charge on any atom is 0.251 e. The lowest BCUT2D eigenvalue weighted by atomic mass is 9.90. The van der Waals surface area contributed by atoms with E-state index >= 15 is 0 Å². The maximum absolute atomic E-state index is 12.2. The van der Waals surface area contributed by atoms with Gasteiger partial charge in [0.15, 0.2) is 0 Å². The van der Waals surface area contributed by atoms with Crippen LogP contribution in [-0.4, -0.2) is 43.7 Å². The van der Waals surface area contributed by atoms with Gasteiger partial charge in [-0.25, -0.2) is 0 Å². The SMILES string of the molecule is CCO[C@H](C)C(=O)N1CCC(Cc2ccc(OC)cc2)CC1. The number of hydrogen-bond acceptors (Lipinski definition) is 3. The second kappa shape index (κ2) is 8.18. The van der Waals surface area contributed by atoms with E-state index < -0.39 is 0 Å². The molecule has 0 unspecified atom stereocenters. The molecule has 1 aliphatic heterocycles. The Labute approximate surface area is 133 Å². The van der Waals surface area contributed by atoms with Crippen LogP contribution in [0.3, 0.4) is 0 Å². The Balaban J connectivity index is 1.80. The van der Waals surface area contributed by atoms with E-state index in [-0.39, 0.29) is 12.0 Å². The third-order valence-electron chi connectivity index (χ3n) is 4.37. The van der Waals surface area contributed by atoms with Crippen molar-refractivity contribution in [2.45, 2.75) is 39.2 Å². The van der Waals surface area contributed by atoms with Gasteiger partial charge in [-0.15, -0.1) is 0 Å². The molecule has 1 fully saturated rings. The van der Waals surface area contributed by atoms with Crippen LogP contribution in [-0.2, 0) is 16.0 Å². The molecule has 22 heavy (non-hydrogen) atoms. The van der Waals surface area contributed by atoms with Crippen molar-refractivity contribution in [2.24, 2.45) is 5.92 Å². The number of hydrogen-bond donors (Lipinski definition) is 0. The average Bonchev–Trinajstić information content (AvgIpc) is 2.56. The second-order valence-corrected chi connectivity index (χ2v) is 5.92. The molecule has 0 aliphatic carbocycles. The van der Waals surface area contributed by atoms with Gasteiger partial charge in [-0.3, -0.25) is 4.79 Å². The standard InChI is InChI=1S/C18H27NO3/c1-4-22-14(2)18(20)19-11-9-16(10-12-19)13-15-5-7-17(21-3)8-6-15/h5-8,14,16H,4,9-13H2,1-3H3/t14-/m1/s1. The van der Waals surface area contributed by atoms with Crippen LogP contribution in [0.5, 0.6) is 5.75 Å². The molecule has 1 atom stereocenters. The van der Waals surface area contributed by atoms with Gasteiger partial charge in [0.25, 0.3) is 5.91 Å². The van der Waals surface area contributed by atoms with Crippen LogP contribution in [0.1, 0.15) is 32.3 Å². The summed E-state index contributed by atoms with van der Waals surface area (Å²) < 4.78 is 10.6. The molecule has 0 aromatic heterocycles. The van der Waals surface area contributed by atoms with Crippen LogP contribution in [0.25, 0.3) is 0 Å². The first-order valence-electron chi connectivity index (χ1n) is 8.17. The highest BCUT2D eigenvalue weighted by atomic mass is 16.5. The lowest BCUT2D eigenvalue weighted by molar-refractivity contribution is -0.143. The molecule has 1 amide bonds. The number of rotatable bonds is 6. The topological polar surface area (TPSA) is 38.8 Å². The summed E-state index contributed by atoms with van der Waals surface area (Å²) in [5.74, 6) is 1.68. The predicted molar refractivity (Wildman–Crippen MR) is 87.1 cm³/mol. The zero-order valence-corrected chi connectivity index (χ0v) is 13.9. The van der Waals surface area contributed by atoms with Gasteiger partial charge in [0, 0.05) is 19.7 Å². The zero-order chi connectivity index (χ0) is 15.9. The first-order chi connectivity index (χ1) is 10.6. The molecule has 0 spiro atoms. The second-order valence-electron chi connectivity index (χ2n) is 5.92. The van der Waals surface area contributed by atoms with Crippen LogP contribution < -0.4 is 4.74 Å². The van der Waals surface area contributed by atoms with Gasteiger partial charge in [0.2, 0.25) is 0 Å². The van der Waals surface area contributed by atoms with Gasteiger partial charge in [-0.1, -0.05) is 12.1 Å². The number of methoxy groups -OCH3 is 1. The van der Waals surface area contributed by atoms with Crippen molar-refractivity contribution in [3.63, 3.8) is 0 Å². The van der Waals surface area contributed by atoms with E-state index in [0.29, 0.717) is 12.5 Å². The van der Waals surface area contributed by atoms with Gasteiger partial charge < -0.3 is 14.4 Å². The first kappa shape index (κ1) is 16.8. The molecule has 1 aromatic carbocycles. The molecule has 1 aromatic rings. The van der Waals surface area contributed by atoms with E-state index in [1.54, 1.807) is 7.11 Å². The van der Waals surface area contributed by atoms with Crippen molar-refractivity contribution in [2.75, 3.05) is 26.8 Å². The number of nitrogens with zero attached hydrogens (tertiary/aromatic N) is 1. The Kier molecular flexibility index (Phi) is 6.25. The monoisotopic (exact) mass is 305 g/mol. The number of carbonyl (C=O) groups excluding carboxylic acids is 1. The summed E-state index contributed by atoms with van der Waals surface area (Å²) >= 11 is 0. The molecule has 0 bridgehead atoms. The van der Waals surface area contributed by atoms with Gasteiger partial charge in [-0.2, -0.15) is 0 Å². The highest BCUT2D eigenvalue weighted by Crippen LogP contribution is 2.23. The van der Waals surface area contributed by atoms with Crippen LogP contribution in [0.4, 0.5) is 0 Å². The minimum atomic E-state index is -0.317. The summed E-state index contributed by atoms with van der Waals surface area (Å²) in [6.07, 6.45) is 2.89. The summed E-state index contributed by atoms with van der Waals surface area (Å²) in [5, 5.41) is 0. The predicted octanol–water partition coefficient (Wildman–Crippen LogP) is 2.90. The van der Waals surface area contributed by atoms with Crippen molar-refractivity contribution in [3.05, 3.63) is 29.8 Å². The fraction of sp³-hybridized carbons (Fsp3) is 0.611. The molecule has 0 N–H and O–H groups in total. The molecule has 122 valence electrons. The molecular weight excluding hydrogens is 278 g/mol. The van der Waals surface area contributed by atoms with E-state index in [0.717, 1.165) is 38.1 Å². The van der Waals surface area contributed by atoms with Crippen LogP contribution >= 0.6 is 0 Å². The Morgan fingerprint density at radius 1 is 1.27 bits per heavy atom. The number of ether oxygens (including phenoxy) is 2. The Morgan fingerprint density at radius 3 is 2.45 bits per heavy atom. The van der Waals surface area contributed by atoms with E-state index in [4.69, 9.17) is 9.47 Å². The summed E-state index contributed by atoms with van der Waals surface area (Å²) in [6, 6.07) is 8.29. The van der Waals surface area contributed by atoms with Crippen LogP contribution in [0.2, 0.25) is 0 Å². The molecule has 4 heteroatoms. The molecule has 1 heterocycles. The van der Waals surface area contributed by atoms with Crippen molar-refractivity contribution < 1.29 is 14.3 Å². The summed E-state index contributed by atoms with van der Waals surface area (Å²) in [6.45, 7) is 6.04. The van der Waals surface area contributed by atoms with Gasteiger partial charge in [-0.05, 0) is 56.7 Å². The van der Waals surface area contributed by atoms with Crippen LogP contribution in [0, 0.1) is 5.92 Å². The summed E-state index contributed by atoms with van der Waals surface area (Å²) in [4.78, 5) is 14.2. The van der Waals surface area contributed by atoms with Crippen molar-refractivity contribution in [3.8, 4) is 5.75 Å². The Bertz CT molecular complexity index is 464. The number of likely N-dealkylation sites (tertiary alicyclic amines) is 1. The van der Waals surface area contributed by atoms with Gasteiger partial charge in [0.1, 0.15) is 11.9 Å². The van der Waals surface area contributed by atoms with Crippen molar-refractivity contribution >= 4 is 5.91 Å². The van der Waals surface area contributed by atoms with E-state index in [1.165, 1.54) is 5.56 Å². The Hall–Kier alpha value is -1.55. The lowest BCUT2D eigenvalue weighted by Gasteiger charge is -2.33. The average molecular weight is 305 g/mol. The molecule has 1 saturated heterocycles. The first-order valence-corrected chi connectivity index (χ1v) is 8.17. The summed E-state index contributed by atoms with van der Waals surface area (Å²) in [7, 11) is 1.69. The van der Waals surface area contributed by atoms with Crippen molar-refractivity contribution in [1.29, 1.82) is 0 Å². The number of carbonyl (C=O) groups is 1. The minimum Gasteiger partial charge on any atom is -0.497 e. The van der Waals surface area contributed by atoms with E-state index in [2.05, 4.69) is 12.1 Å². The van der Waals surface area contributed by atoms with Crippen LogP contribution in [0.15, 0.2) is 24.3 Å². The zero-order valence-electron chi connectivity index (χ0n) is 13.9. The fourth-order valence-corrected chi connectivity index (χ4v) is 3.03. The highest BCUT2D eigenvalue weighted by Gasteiger charge is 2.26. The fourth-order valence-electron chi connectivity index (χ4n) is 3.03. The minimum absolute atomic E-state index is 0.129. The third-order valence-corrected chi connectivity index (χ3v) is 4.37. The maximum atomic E-state index is 12.2. The number of amides is 1. The lowest BCUT2D eigenvalue weighted by Crippen LogP contribution is -2.44. The number of piperidine rings is 1. The quantitative estimate of drug-likeness (QED) is 0.811. The molecule has 1 aliphatic rings. The highest BCUT2D eigenvalue weighted by molar-refractivity contribution is 5.80. The largest absolute Gasteiger partial charge is 0.497 e. The smallest absolute Gasteiger partial charge is 0.251 e.